The number of piperazine rings is 1. The molecule has 6 heteroatoms. The molecule has 0 atom stereocenters. The zero-order valence-electron chi connectivity index (χ0n) is 15.3. The summed E-state index contributed by atoms with van der Waals surface area (Å²) < 4.78 is 18.8. The molecule has 0 radical (unpaired) electrons. The summed E-state index contributed by atoms with van der Waals surface area (Å²) in [6.07, 6.45) is 0. The third-order valence-corrected chi connectivity index (χ3v) is 5.19. The molecule has 3 aromatic rings. The Hall–Kier alpha value is -2.86. The van der Waals surface area contributed by atoms with Gasteiger partial charge in [-0.1, -0.05) is 18.2 Å². The number of ether oxygens (including phenoxy) is 1. The smallest absolute Gasteiger partial charge is 0.270 e. The number of H-pyrrole nitrogens is 1. The normalized spacial score (nSPS) is 15.3. The first-order valence-corrected chi connectivity index (χ1v) is 9.17. The Morgan fingerprint density at radius 1 is 1.19 bits per heavy atom. The van der Waals surface area contributed by atoms with Crippen molar-refractivity contribution in [3.8, 4) is 5.75 Å². The average Bonchev–Trinajstić information content (AvgIpc) is 3.12. The number of nitrogens with zero attached hydrogens (tertiary/aromatic N) is 1. The van der Waals surface area contributed by atoms with Crippen molar-refractivity contribution in [1.82, 2.24) is 9.88 Å². The number of para-hydroxylation sites is 1. The van der Waals surface area contributed by atoms with Crippen LogP contribution in [0.3, 0.4) is 0 Å². The highest BCUT2D eigenvalue weighted by atomic mass is 19.1. The van der Waals surface area contributed by atoms with Gasteiger partial charge in [-0.3, -0.25) is 4.79 Å². The van der Waals surface area contributed by atoms with Crippen LogP contribution >= 0.6 is 0 Å². The first-order chi connectivity index (χ1) is 13.1. The Balaban J connectivity index is 1.37. The summed E-state index contributed by atoms with van der Waals surface area (Å²) >= 11 is 0. The number of aromatic amines is 1. The van der Waals surface area contributed by atoms with Gasteiger partial charge in [0.05, 0.1) is 33.3 Å². The first-order valence-electron chi connectivity index (χ1n) is 9.17. The van der Waals surface area contributed by atoms with Crippen LogP contribution in [0.1, 0.15) is 16.1 Å². The van der Waals surface area contributed by atoms with Crippen LogP contribution < -0.4 is 9.64 Å². The van der Waals surface area contributed by atoms with Crippen molar-refractivity contribution in [1.29, 1.82) is 0 Å². The van der Waals surface area contributed by atoms with Crippen molar-refractivity contribution in [3.05, 3.63) is 65.6 Å². The van der Waals surface area contributed by atoms with E-state index in [0.717, 1.165) is 36.1 Å². The van der Waals surface area contributed by atoms with Gasteiger partial charge in [-0.15, -0.1) is 0 Å². The van der Waals surface area contributed by atoms with Crippen LogP contribution in [0.5, 0.6) is 5.75 Å². The lowest BCUT2D eigenvalue weighted by Gasteiger charge is -2.32. The van der Waals surface area contributed by atoms with E-state index in [1.54, 1.807) is 6.07 Å². The van der Waals surface area contributed by atoms with E-state index in [2.05, 4.69) is 4.98 Å². The molecule has 0 unspecified atom stereocenters. The minimum absolute atomic E-state index is 0.0424. The highest BCUT2D eigenvalue weighted by Gasteiger charge is 2.25. The third kappa shape index (κ3) is 3.66. The minimum Gasteiger partial charge on any atom is -0.494 e. The monoisotopic (exact) mass is 368 g/mol. The summed E-state index contributed by atoms with van der Waals surface area (Å²) in [6, 6.07) is 14.9. The number of amides is 1. The zero-order chi connectivity index (χ0) is 18.8. The molecule has 4 rings (SSSR count). The van der Waals surface area contributed by atoms with Crippen LogP contribution in [0.15, 0.2) is 48.5 Å². The number of hydrogen-bond donors (Lipinski definition) is 2. The van der Waals surface area contributed by atoms with E-state index in [0.29, 0.717) is 18.8 Å². The Labute approximate surface area is 157 Å². The predicted octanol–water partition coefficient (Wildman–Crippen LogP) is 1.86. The number of fused-ring (bicyclic) bond motifs is 1. The summed E-state index contributed by atoms with van der Waals surface area (Å²) in [7, 11) is 1.47. The molecule has 140 valence electrons. The van der Waals surface area contributed by atoms with Crippen molar-refractivity contribution >= 4 is 16.8 Å². The maximum Gasteiger partial charge on any atom is 0.270 e. The largest absolute Gasteiger partial charge is 0.494 e. The Morgan fingerprint density at radius 2 is 1.96 bits per heavy atom. The first kappa shape index (κ1) is 17.5. The lowest BCUT2D eigenvalue weighted by atomic mass is 10.1. The van der Waals surface area contributed by atoms with Crippen molar-refractivity contribution in [2.45, 2.75) is 6.54 Å². The molecule has 2 N–H and O–H groups in total. The van der Waals surface area contributed by atoms with Crippen LogP contribution in [-0.4, -0.2) is 49.1 Å². The van der Waals surface area contributed by atoms with Crippen LogP contribution in [0.2, 0.25) is 0 Å². The van der Waals surface area contributed by atoms with Gasteiger partial charge in [-0.2, -0.15) is 0 Å². The predicted molar refractivity (Wildman–Crippen MR) is 102 cm³/mol. The highest BCUT2D eigenvalue weighted by molar-refractivity contribution is 5.98. The molecule has 1 aliphatic rings. The second-order valence-electron chi connectivity index (χ2n) is 6.96. The molecule has 5 nitrogen and oxygen atoms in total. The van der Waals surface area contributed by atoms with E-state index in [-0.39, 0.29) is 17.5 Å². The van der Waals surface area contributed by atoms with Gasteiger partial charge in [0.2, 0.25) is 0 Å². The number of methoxy groups -OCH3 is 1. The SMILES string of the molecule is COc1ccc(C[NH+]2CCN(C(=O)c3cc4ccccc4[nH]3)CC2)cc1F. The fourth-order valence-corrected chi connectivity index (χ4v) is 3.67. The van der Waals surface area contributed by atoms with Gasteiger partial charge < -0.3 is 19.5 Å². The summed E-state index contributed by atoms with van der Waals surface area (Å²) in [5.74, 6) is -0.0229. The molecule has 0 saturated carbocycles. The Morgan fingerprint density at radius 3 is 2.67 bits per heavy atom. The summed E-state index contributed by atoms with van der Waals surface area (Å²) in [5, 5.41) is 1.05. The van der Waals surface area contributed by atoms with E-state index in [1.807, 2.05) is 41.3 Å². The number of hydrogen-bond acceptors (Lipinski definition) is 2. The van der Waals surface area contributed by atoms with E-state index < -0.39 is 0 Å². The van der Waals surface area contributed by atoms with Gasteiger partial charge in [0.25, 0.3) is 5.91 Å². The summed E-state index contributed by atoms with van der Waals surface area (Å²) in [4.78, 5) is 19.2. The standard InChI is InChI=1S/C21H22FN3O2/c1-27-20-7-6-15(12-17(20)22)14-24-8-10-25(11-9-24)21(26)19-13-16-4-2-3-5-18(16)23-19/h2-7,12-13,23H,8-11,14H2,1H3/p+1. The van der Waals surface area contributed by atoms with E-state index in [1.165, 1.54) is 18.1 Å². The minimum atomic E-state index is -0.331. The quantitative estimate of drug-likeness (QED) is 0.739. The number of quaternary nitrogens is 1. The molecular weight excluding hydrogens is 345 g/mol. The molecule has 1 aliphatic heterocycles. The molecule has 0 spiro atoms. The Kier molecular flexibility index (Phi) is 4.81. The van der Waals surface area contributed by atoms with E-state index in [4.69, 9.17) is 4.74 Å². The number of halogens is 1. The van der Waals surface area contributed by atoms with Gasteiger partial charge in [0.1, 0.15) is 12.2 Å². The molecule has 2 aromatic carbocycles. The highest BCUT2D eigenvalue weighted by Crippen LogP contribution is 2.18. The van der Waals surface area contributed by atoms with Gasteiger partial charge in [-0.05, 0) is 30.3 Å². The fraction of sp³-hybridized carbons (Fsp3) is 0.286. The van der Waals surface area contributed by atoms with Crippen molar-refractivity contribution in [2.75, 3.05) is 33.3 Å². The number of carbonyl (C=O) groups excluding carboxylic acids is 1. The number of aromatic nitrogens is 1. The number of carbonyl (C=O) groups is 1. The van der Waals surface area contributed by atoms with Gasteiger partial charge in [0, 0.05) is 16.5 Å². The maximum absolute atomic E-state index is 13.9. The molecule has 1 amide bonds. The molecule has 1 fully saturated rings. The fourth-order valence-electron chi connectivity index (χ4n) is 3.67. The van der Waals surface area contributed by atoms with Gasteiger partial charge in [0.15, 0.2) is 11.6 Å². The maximum atomic E-state index is 13.9. The average molecular weight is 368 g/mol. The van der Waals surface area contributed by atoms with Crippen LogP contribution in [-0.2, 0) is 6.54 Å². The molecule has 2 heterocycles. The zero-order valence-corrected chi connectivity index (χ0v) is 15.3. The number of rotatable bonds is 4. The van der Waals surface area contributed by atoms with Crippen LogP contribution in [0.4, 0.5) is 4.39 Å². The third-order valence-electron chi connectivity index (χ3n) is 5.19. The lowest BCUT2D eigenvalue weighted by Crippen LogP contribution is -3.13. The van der Waals surface area contributed by atoms with Crippen molar-refractivity contribution in [3.63, 3.8) is 0 Å². The second kappa shape index (κ2) is 7.40. The molecule has 27 heavy (non-hydrogen) atoms. The number of nitrogens with one attached hydrogen (secondary N) is 2. The Bertz CT molecular complexity index is 928. The van der Waals surface area contributed by atoms with Crippen LogP contribution in [0.25, 0.3) is 10.9 Å². The van der Waals surface area contributed by atoms with Crippen molar-refractivity contribution in [2.24, 2.45) is 0 Å². The molecule has 0 aliphatic carbocycles. The van der Waals surface area contributed by atoms with Gasteiger partial charge in [-0.25, -0.2) is 4.39 Å². The molecular formula is C21H23FN3O2+. The molecule has 0 bridgehead atoms. The topological polar surface area (TPSA) is 49.8 Å². The van der Waals surface area contributed by atoms with E-state index in [9.17, 15) is 9.18 Å². The van der Waals surface area contributed by atoms with E-state index >= 15 is 0 Å². The molecule has 1 aromatic heterocycles. The lowest BCUT2D eigenvalue weighted by molar-refractivity contribution is -0.917. The van der Waals surface area contributed by atoms with Gasteiger partial charge >= 0.3 is 0 Å². The van der Waals surface area contributed by atoms with Crippen molar-refractivity contribution < 1.29 is 18.8 Å². The number of benzene rings is 2. The van der Waals surface area contributed by atoms with Crippen LogP contribution in [0, 0.1) is 5.82 Å². The summed E-state index contributed by atoms with van der Waals surface area (Å²) in [5.41, 5.74) is 2.56. The summed E-state index contributed by atoms with van der Waals surface area (Å²) in [6.45, 7) is 3.83. The molecule has 1 saturated heterocycles. The second-order valence-corrected chi connectivity index (χ2v) is 6.96.